The first-order valence-corrected chi connectivity index (χ1v) is 5.90. The fourth-order valence-corrected chi connectivity index (χ4v) is 1.95. The monoisotopic (exact) mass is 248 g/mol. The van der Waals surface area contributed by atoms with E-state index in [2.05, 4.69) is 0 Å². The first-order chi connectivity index (χ1) is 8.58. The predicted molar refractivity (Wildman–Crippen MR) is 66.3 cm³/mol. The number of likely N-dealkylation sites (N-methyl/N-ethyl adjacent to an activating group) is 1. The molecule has 0 unspecified atom stereocenters. The van der Waals surface area contributed by atoms with Crippen molar-refractivity contribution in [3.63, 3.8) is 0 Å². The van der Waals surface area contributed by atoms with Crippen molar-refractivity contribution in [3.8, 4) is 5.75 Å². The summed E-state index contributed by atoms with van der Waals surface area (Å²) in [5.41, 5.74) is 0.491. The van der Waals surface area contributed by atoms with Crippen molar-refractivity contribution >= 4 is 11.8 Å². The topological polar surface area (TPSA) is 60.9 Å². The van der Waals surface area contributed by atoms with Crippen LogP contribution >= 0.6 is 0 Å². The molecule has 18 heavy (non-hydrogen) atoms. The van der Waals surface area contributed by atoms with Gasteiger partial charge in [0.2, 0.25) is 5.91 Å². The van der Waals surface area contributed by atoms with Gasteiger partial charge in [0.05, 0.1) is 0 Å². The summed E-state index contributed by atoms with van der Waals surface area (Å²) >= 11 is 0. The molecular formula is C13H16N2O3. The van der Waals surface area contributed by atoms with Crippen molar-refractivity contribution in [1.29, 1.82) is 0 Å². The first-order valence-electron chi connectivity index (χ1n) is 5.90. The summed E-state index contributed by atoms with van der Waals surface area (Å²) in [6.07, 6.45) is 0.784. The second kappa shape index (κ2) is 5.08. The standard InChI is InChI=1S/C13H16N2O3/c1-14-7-2-8-15(9-12(14)17)13(18)10-3-5-11(16)6-4-10/h3-6,16H,2,7-9H2,1H3. The summed E-state index contributed by atoms with van der Waals surface area (Å²) in [7, 11) is 1.75. The second-order valence-electron chi connectivity index (χ2n) is 4.44. The second-order valence-corrected chi connectivity index (χ2v) is 4.44. The molecule has 1 saturated heterocycles. The van der Waals surface area contributed by atoms with Crippen molar-refractivity contribution in [1.82, 2.24) is 9.80 Å². The maximum atomic E-state index is 12.2. The molecule has 2 rings (SSSR count). The molecule has 1 heterocycles. The van der Waals surface area contributed by atoms with Gasteiger partial charge < -0.3 is 14.9 Å². The summed E-state index contributed by atoms with van der Waals surface area (Å²) in [5, 5.41) is 9.18. The van der Waals surface area contributed by atoms with Gasteiger partial charge in [0.15, 0.2) is 0 Å². The van der Waals surface area contributed by atoms with Gasteiger partial charge in [-0.1, -0.05) is 0 Å². The molecule has 0 bridgehead atoms. The Labute approximate surface area is 106 Å². The lowest BCUT2D eigenvalue weighted by Gasteiger charge is -2.19. The number of nitrogens with zero attached hydrogens (tertiary/aromatic N) is 2. The molecule has 0 radical (unpaired) electrons. The Morgan fingerprint density at radius 1 is 1.22 bits per heavy atom. The van der Waals surface area contributed by atoms with Crippen molar-refractivity contribution < 1.29 is 14.7 Å². The maximum Gasteiger partial charge on any atom is 0.254 e. The van der Waals surface area contributed by atoms with Crippen LogP contribution in [0.5, 0.6) is 5.75 Å². The molecule has 2 amide bonds. The van der Waals surface area contributed by atoms with Crippen molar-refractivity contribution in [2.24, 2.45) is 0 Å². The normalized spacial score (nSPS) is 16.6. The highest BCUT2D eigenvalue weighted by atomic mass is 16.3. The highest BCUT2D eigenvalue weighted by Crippen LogP contribution is 2.13. The molecule has 0 spiro atoms. The van der Waals surface area contributed by atoms with E-state index in [1.807, 2.05) is 0 Å². The van der Waals surface area contributed by atoms with Crippen LogP contribution in [0.3, 0.4) is 0 Å². The zero-order valence-electron chi connectivity index (χ0n) is 10.3. The fraction of sp³-hybridized carbons (Fsp3) is 0.385. The predicted octanol–water partition coefficient (Wildman–Crippen LogP) is 0.696. The molecule has 1 N–H and O–H groups in total. The maximum absolute atomic E-state index is 12.2. The molecule has 0 saturated carbocycles. The number of phenols is 1. The number of hydrogen-bond donors (Lipinski definition) is 1. The van der Waals surface area contributed by atoms with Gasteiger partial charge in [-0.2, -0.15) is 0 Å². The van der Waals surface area contributed by atoms with E-state index < -0.39 is 0 Å². The molecule has 96 valence electrons. The zero-order chi connectivity index (χ0) is 13.1. The molecule has 0 aromatic heterocycles. The number of carbonyl (C=O) groups is 2. The zero-order valence-corrected chi connectivity index (χ0v) is 10.3. The van der Waals surface area contributed by atoms with Gasteiger partial charge in [-0.25, -0.2) is 0 Å². The minimum absolute atomic E-state index is 0.0420. The Morgan fingerprint density at radius 3 is 2.56 bits per heavy atom. The molecule has 5 heteroatoms. The van der Waals surface area contributed by atoms with Gasteiger partial charge in [-0.05, 0) is 30.7 Å². The molecule has 1 aromatic carbocycles. The Bertz CT molecular complexity index is 456. The van der Waals surface area contributed by atoms with E-state index in [-0.39, 0.29) is 24.1 Å². The SMILES string of the molecule is CN1CCCN(C(=O)c2ccc(O)cc2)CC1=O. The minimum atomic E-state index is -0.168. The number of aromatic hydroxyl groups is 1. The van der Waals surface area contributed by atoms with Crippen LogP contribution in [0, 0.1) is 0 Å². The molecule has 0 atom stereocenters. The Hall–Kier alpha value is -2.04. The molecule has 1 aliphatic heterocycles. The van der Waals surface area contributed by atoms with Crippen LogP contribution in [-0.2, 0) is 4.79 Å². The van der Waals surface area contributed by atoms with Crippen LogP contribution in [0.15, 0.2) is 24.3 Å². The third-order valence-electron chi connectivity index (χ3n) is 3.07. The molecule has 1 aromatic rings. The number of carbonyl (C=O) groups excluding carboxylic acids is 2. The van der Waals surface area contributed by atoms with Crippen molar-refractivity contribution in [2.75, 3.05) is 26.7 Å². The van der Waals surface area contributed by atoms with Crippen LogP contribution < -0.4 is 0 Å². The Balaban J connectivity index is 2.13. The van der Waals surface area contributed by atoms with Gasteiger partial charge in [0.1, 0.15) is 12.3 Å². The van der Waals surface area contributed by atoms with Crippen molar-refractivity contribution in [3.05, 3.63) is 29.8 Å². The van der Waals surface area contributed by atoms with E-state index in [1.54, 1.807) is 29.0 Å². The van der Waals surface area contributed by atoms with Crippen LogP contribution in [0.2, 0.25) is 0 Å². The lowest BCUT2D eigenvalue weighted by atomic mass is 10.2. The number of rotatable bonds is 1. The third kappa shape index (κ3) is 2.61. The Kier molecular flexibility index (Phi) is 3.50. The lowest BCUT2D eigenvalue weighted by molar-refractivity contribution is -0.129. The van der Waals surface area contributed by atoms with E-state index in [0.717, 1.165) is 6.42 Å². The van der Waals surface area contributed by atoms with E-state index in [4.69, 9.17) is 0 Å². The Morgan fingerprint density at radius 2 is 1.89 bits per heavy atom. The minimum Gasteiger partial charge on any atom is -0.508 e. The van der Waals surface area contributed by atoms with E-state index in [1.165, 1.54) is 12.1 Å². The molecule has 1 fully saturated rings. The van der Waals surface area contributed by atoms with E-state index >= 15 is 0 Å². The van der Waals surface area contributed by atoms with Crippen molar-refractivity contribution in [2.45, 2.75) is 6.42 Å². The van der Waals surface area contributed by atoms with Crippen LogP contribution in [-0.4, -0.2) is 53.4 Å². The van der Waals surface area contributed by atoms with E-state index in [0.29, 0.717) is 18.7 Å². The first kappa shape index (κ1) is 12.4. The number of benzene rings is 1. The quantitative estimate of drug-likeness (QED) is 0.795. The average Bonchev–Trinajstić information content (AvgIpc) is 2.52. The van der Waals surface area contributed by atoms with Gasteiger partial charge in [-0.15, -0.1) is 0 Å². The summed E-state index contributed by atoms with van der Waals surface area (Å²) < 4.78 is 0. The molecule has 1 aliphatic rings. The number of phenolic OH excluding ortho intramolecular Hbond substituents is 1. The van der Waals surface area contributed by atoms with E-state index in [9.17, 15) is 14.7 Å². The number of amides is 2. The van der Waals surface area contributed by atoms with Gasteiger partial charge in [0.25, 0.3) is 5.91 Å². The van der Waals surface area contributed by atoms with Gasteiger partial charge in [-0.3, -0.25) is 9.59 Å². The molecule has 0 aliphatic carbocycles. The highest BCUT2D eigenvalue weighted by Gasteiger charge is 2.23. The third-order valence-corrected chi connectivity index (χ3v) is 3.07. The van der Waals surface area contributed by atoms with Crippen LogP contribution in [0.1, 0.15) is 16.8 Å². The summed E-state index contributed by atoms with van der Waals surface area (Å²) in [4.78, 5) is 27.1. The van der Waals surface area contributed by atoms with Crippen LogP contribution in [0.25, 0.3) is 0 Å². The fourth-order valence-electron chi connectivity index (χ4n) is 1.95. The average molecular weight is 248 g/mol. The highest BCUT2D eigenvalue weighted by molar-refractivity contribution is 5.96. The summed E-state index contributed by atoms with van der Waals surface area (Å²) in [6.45, 7) is 1.38. The smallest absolute Gasteiger partial charge is 0.254 e. The van der Waals surface area contributed by atoms with Gasteiger partial charge in [0, 0.05) is 25.7 Å². The molecular weight excluding hydrogens is 232 g/mol. The summed E-state index contributed by atoms with van der Waals surface area (Å²) in [5.74, 6) is -0.0866. The van der Waals surface area contributed by atoms with Gasteiger partial charge >= 0.3 is 0 Å². The van der Waals surface area contributed by atoms with Crippen LogP contribution in [0.4, 0.5) is 0 Å². The number of hydrogen-bond acceptors (Lipinski definition) is 3. The largest absolute Gasteiger partial charge is 0.508 e. The summed E-state index contributed by atoms with van der Waals surface area (Å²) in [6, 6.07) is 6.07. The lowest BCUT2D eigenvalue weighted by Crippen LogP contribution is -2.38. The molecule has 5 nitrogen and oxygen atoms in total.